The fourth-order valence-corrected chi connectivity index (χ4v) is 1.16. The Morgan fingerprint density at radius 3 is 2.55 bits per heavy atom. The molecular formula is C10H16O. The second-order valence-corrected chi connectivity index (χ2v) is 3.61. The van der Waals surface area contributed by atoms with Crippen molar-refractivity contribution in [1.82, 2.24) is 0 Å². The molecule has 62 valence electrons. The maximum atomic E-state index is 5.42. The molecule has 11 heavy (non-hydrogen) atoms. The predicted octanol–water partition coefficient (Wildman–Crippen LogP) is 2.69. The van der Waals surface area contributed by atoms with Crippen LogP contribution in [0.3, 0.4) is 0 Å². The Balaban J connectivity index is 2.16. The van der Waals surface area contributed by atoms with Gasteiger partial charge in [0.05, 0.1) is 11.7 Å². The predicted molar refractivity (Wildman–Crippen MR) is 47.5 cm³/mol. The third-order valence-electron chi connectivity index (χ3n) is 2.18. The molecule has 1 unspecified atom stereocenters. The summed E-state index contributed by atoms with van der Waals surface area (Å²) in [5, 5.41) is 0. The Morgan fingerprint density at radius 1 is 1.64 bits per heavy atom. The number of ether oxygens (including phenoxy) is 1. The summed E-state index contributed by atoms with van der Waals surface area (Å²) in [4.78, 5) is 0. The lowest BCUT2D eigenvalue weighted by Gasteiger charge is -1.97. The first-order chi connectivity index (χ1) is 5.06. The molecule has 0 aliphatic carbocycles. The highest BCUT2D eigenvalue weighted by molar-refractivity contribution is 5.11. The number of allylic oxidation sites excluding steroid dienone is 2. The van der Waals surface area contributed by atoms with Crippen LogP contribution in [0.2, 0.25) is 0 Å². The van der Waals surface area contributed by atoms with Crippen molar-refractivity contribution in [3.63, 3.8) is 0 Å². The Kier molecular flexibility index (Phi) is 2.19. The van der Waals surface area contributed by atoms with Gasteiger partial charge in [-0.05, 0) is 26.7 Å². The zero-order valence-electron chi connectivity index (χ0n) is 7.39. The van der Waals surface area contributed by atoms with E-state index in [9.17, 15) is 0 Å². The van der Waals surface area contributed by atoms with Crippen molar-refractivity contribution in [3.05, 3.63) is 24.8 Å². The minimum Gasteiger partial charge on any atom is -0.367 e. The second kappa shape index (κ2) is 2.82. The molecule has 0 aromatic rings. The van der Waals surface area contributed by atoms with E-state index in [1.54, 1.807) is 0 Å². The number of hydrogen-bond acceptors (Lipinski definition) is 1. The molecule has 0 bridgehead atoms. The molecule has 1 fully saturated rings. The summed E-state index contributed by atoms with van der Waals surface area (Å²) in [6.45, 7) is 11.7. The topological polar surface area (TPSA) is 12.5 Å². The standard InChI is InChI=1S/C10H16O/c1-5-8(2)6-7-9-10(3,4)11-9/h5,9H,1-2,6-7H2,3-4H3. The van der Waals surface area contributed by atoms with Gasteiger partial charge < -0.3 is 4.74 Å². The lowest BCUT2D eigenvalue weighted by molar-refractivity contribution is 0.320. The quantitative estimate of drug-likeness (QED) is 0.445. The molecule has 1 rings (SSSR count). The Hall–Kier alpha value is -0.560. The normalized spacial score (nSPS) is 26.2. The summed E-state index contributed by atoms with van der Waals surface area (Å²) in [7, 11) is 0. The Labute approximate surface area is 68.8 Å². The molecule has 0 aromatic carbocycles. The maximum absolute atomic E-state index is 5.42. The van der Waals surface area contributed by atoms with E-state index in [0.29, 0.717) is 6.10 Å². The van der Waals surface area contributed by atoms with Crippen LogP contribution in [-0.2, 0) is 4.74 Å². The van der Waals surface area contributed by atoms with Crippen molar-refractivity contribution in [2.24, 2.45) is 0 Å². The number of hydrogen-bond donors (Lipinski definition) is 0. The average Bonchev–Trinajstić information content (AvgIpc) is 2.54. The fraction of sp³-hybridized carbons (Fsp3) is 0.600. The SMILES string of the molecule is C=CC(=C)CCC1OC1(C)C. The van der Waals surface area contributed by atoms with Crippen molar-refractivity contribution in [2.45, 2.75) is 38.4 Å². The molecule has 0 N–H and O–H groups in total. The largest absolute Gasteiger partial charge is 0.367 e. The average molecular weight is 152 g/mol. The highest BCUT2D eigenvalue weighted by Gasteiger charge is 2.46. The Bertz CT molecular complexity index is 179. The van der Waals surface area contributed by atoms with E-state index >= 15 is 0 Å². The molecule has 1 atom stereocenters. The van der Waals surface area contributed by atoms with Crippen molar-refractivity contribution in [3.8, 4) is 0 Å². The third kappa shape index (κ3) is 2.19. The summed E-state index contributed by atoms with van der Waals surface area (Å²) in [5.41, 5.74) is 1.23. The fourth-order valence-electron chi connectivity index (χ4n) is 1.16. The van der Waals surface area contributed by atoms with Crippen LogP contribution in [0.5, 0.6) is 0 Å². The molecule has 0 radical (unpaired) electrons. The van der Waals surface area contributed by atoms with E-state index in [4.69, 9.17) is 4.74 Å². The zero-order chi connectivity index (χ0) is 8.48. The van der Waals surface area contributed by atoms with E-state index in [0.717, 1.165) is 18.4 Å². The molecule has 1 aliphatic heterocycles. The van der Waals surface area contributed by atoms with Crippen molar-refractivity contribution in [2.75, 3.05) is 0 Å². The number of rotatable bonds is 4. The van der Waals surface area contributed by atoms with Gasteiger partial charge in [0.1, 0.15) is 0 Å². The summed E-state index contributed by atoms with van der Waals surface area (Å²) in [6.07, 6.45) is 4.35. The van der Waals surface area contributed by atoms with Crippen LogP contribution in [0.4, 0.5) is 0 Å². The summed E-state index contributed by atoms with van der Waals surface area (Å²) < 4.78 is 5.42. The van der Waals surface area contributed by atoms with Gasteiger partial charge in [0.25, 0.3) is 0 Å². The molecular weight excluding hydrogens is 136 g/mol. The molecule has 0 amide bonds. The van der Waals surface area contributed by atoms with Gasteiger partial charge in [0, 0.05) is 0 Å². The smallest absolute Gasteiger partial charge is 0.0892 e. The van der Waals surface area contributed by atoms with Crippen LogP contribution in [0.15, 0.2) is 24.8 Å². The molecule has 1 nitrogen and oxygen atoms in total. The van der Waals surface area contributed by atoms with Crippen LogP contribution >= 0.6 is 0 Å². The van der Waals surface area contributed by atoms with Crippen molar-refractivity contribution >= 4 is 0 Å². The van der Waals surface area contributed by atoms with Gasteiger partial charge in [0.15, 0.2) is 0 Å². The second-order valence-electron chi connectivity index (χ2n) is 3.61. The van der Waals surface area contributed by atoms with Gasteiger partial charge in [-0.1, -0.05) is 24.8 Å². The van der Waals surface area contributed by atoms with E-state index in [2.05, 4.69) is 27.0 Å². The third-order valence-corrected chi connectivity index (χ3v) is 2.18. The van der Waals surface area contributed by atoms with Gasteiger partial charge in [-0.25, -0.2) is 0 Å². The van der Waals surface area contributed by atoms with E-state index < -0.39 is 0 Å². The summed E-state index contributed by atoms with van der Waals surface area (Å²) in [5.74, 6) is 0. The molecule has 1 heterocycles. The van der Waals surface area contributed by atoms with E-state index in [-0.39, 0.29) is 5.60 Å². The molecule has 0 spiro atoms. The highest BCUT2D eigenvalue weighted by Crippen LogP contribution is 2.38. The van der Waals surface area contributed by atoms with Crippen LogP contribution in [0.1, 0.15) is 26.7 Å². The number of epoxide rings is 1. The van der Waals surface area contributed by atoms with Crippen LogP contribution < -0.4 is 0 Å². The molecule has 1 aliphatic rings. The van der Waals surface area contributed by atoms with Crippen molar-refractivity contribution < 1.29 is 4.74 Å². The first-order valence-corrected chi connectivity index (χ1v) is 4.04. The Morgan fingerprint density at radius 2 is 2.18 bits per heavy atom. The first-order valence-electron chi connectivity index (χ1n) is 4.04. The van der Waals surface area contributed by atoms with Gasteiger partial charge >= 0.3 is 0 Å². The van der Waals surface area contributed by atoms with Crippen LogP contribution in [-0.4, -0.2) is 11.7 Å². The first kappa shape index (κ1) is 8.54. The van der Waals surface area contributed by atoms with Gasteiger partial charge in [-0.15, -0.1) is 0 Å². The van der Waals surface area contributed by atoms with Crippen molar-refractivity contribution in [1.29, 1.82) is 0 Å². The minimum absolute atomic E-state index is 0.126. The van der Waals surface area contributed by atoms with Gasteiger partial charge in [-0.2, -0.15) is 0 Å². The summed E-state index contributed by atoms with van der Waals surface area (Å²) >= 11 is 0. The lowest BCUT2D eigenvalue weighted by Crippen LogP contribution is -2.02. The molecule has 0 saturated carbocycles. The monoisotopic (exact) mass is 152 g/mol. The molecule has 0 aromatic heterocycles. The minimum atomic E-state index is 0.126. The summed E-state index contributed by atoms with van der Waals surface area (Å²) in [6, 6.07) is 0. The maximum Gasteiger partial charge on any atom is 0.0892 e. The lowest BCUT2D eigenvalue weighted by atomic mass is 10.0. The molecule has 1 heteroatoms. The highest BCUT2D eigenvalue weighted by atomic mass is 16.6. The van der Waals surface area contributed by atoms with Gasteiger partial charge in [0.2, 0.25) is 0 Å². The zero-order valence-corrected chi connectivity index (χ0v) is 7.39. The molecule has 1 saturated heterocycles. The van der Waals surface area contributed by atoms with Gasteiger partial charge in [-0.3, -0.25) is 0 Å². The van der Waals surface area contributed by atoms with E-state index in [1.165, 1.54) is 0 Å². The van der Waals surface area contributed by atoms with Crippen LogP contribution in [0, 0.1) is 0 Å². The van der Waals surface area contributed by atoms with E-state index in [1.807, 2.05) is 6.08 Å². The van der Waals surface area contributed by atoms with Crippen LogP contribution in [0.25, 0.3) is 0 Å².